The van der Waals surface area contributed by atoms with Gasteiger partial charge in [-0.15, -0.1) is 0 Å². The quantitative estimate of drug-likeness (QED) is 0.728. The molecule has 3 N–H and O–H groups in total. The number of amides is 1. The van der Waals surface area contributed by atoms with E-state index in [1.54, 1.807) is 47.5 Å². The molecule has 3 aromatic rings. The van der Waals surface area contributed by atoms with E-state index in [-0.39, 0.29) is 11.7 Å². The fourth-order valence-electron chi connectivity index (χ4n) is 3.10. The molecule has 0 aliphatic carbocycles. The second kappa shape index (κ2) is 7.66. The number of hydrogen-bond acceptors (Lipinski definition) is 6. The molecule has 7 nitrogen and oxygen atoms in total. The number of hydrogen-bond donors (Lipinski definition) is 2. The number of carbonyl (C=O) groups is 1. The molecule has 1 aliphatic rings. The summed E-state index contributed by atoms with van der Waals surface area (Å²) < 4.78 is 5.29. The van der Waals surface area contributed by atoms with Crippen molar-refractivity contribution in [2.45, 2.75) is 0 Å². The first-order valence-corrected chi connectivity index (χ1v) is 9.01. The summed E-state index contributed by atoms with van der Waals surface area (Å²) in [5, 5.41) is 9.47. The van der Waals surface area contributed by atoms with Gasteiger partial charge in [0.25, 0.3) is 5.91 Å². The Morgan fingerprint density at radius 2 is 1.64 bits per heavy atom. The minimum Gasteiger partial charge on any atom is -0.508 e. The van der Waals surface area contributed by atoms with Crippen molar-refractivity contribution in [3.05, 3.63) is 60.3 Å². The molecule has 1 fully saturated rings. The summed E-state index contributed by atoms with van der Waals surface area (Å²) in [6, 6.07) is 13.9. The summed E-state index contributed by atoms with van der Waals surface area (Å²) in [5.41, 5.74) is 9.43. The van der Waals surface area contributed by atoms with Gasteiger partial charge >= 0.3 is 0 Å². The molecule has 1 aliphatic heterocycles. The van der Waals surface area contributed by atoms with Crippen molar-refractivity contribution in [3.8, 4) is 28.3 Å². The summed E-state index contributed by atoms with van der Waals surface area (Å²) in [7, 11) is 0. The van der Waals surface area contributed by atoms with Gasteiger partial charge in [-0.05, 0) is 36.4 Å². The lowest BCUT2D eigenvalue weighted by atomic mass is 10.1. The van der Waals surface area contributed by atoms with Crippen LogP contribution in [0.5, 0.6) is 5.75 Å². The van der Waals surface area contributed by atoms with E-state index in [1.807, 2.05) is 12.1 Å². The van der Waals surface area contributed by atoms with E-state index >= 15 is 0 Å². The number of aromatic nitrogens is 2. The normalized spacial score (nSPS) is 14.1. The molecule has 0 saturated carbocycles. The maximum Gasteiger partial charge on any atom is 0.254 e. The largest absolute Gasteiger partial charge is 0.508 e. The SMILES string of the molecule is Nc1ncc(-c2ccc(C(=O)N3CCOCC3)cc2)nc1-c1ccc(O)cc1. The molecule has 0 unspecified atom stereocenters. The Hall–Kier alpha value is -3.45. The van der Waals surface area contributed by atoms with E-state index in [2.05, 4.69) is 9.97 Å². The smallest absolute Gasteiger partial charge is 0.254 e. The van der Waals surface area contributed by atoms with Crippen molar-refractivity contribution in [2.75, 3.05) is 32.0 Å². The molecule has 0 spiro atoms. The topological polar surface area (TPSA) is 102 Å². The highest BCUT2D eigenvalue weighted by atomic mass is 16.5. The van der Waals surface area contributed by atoms with Gasteiger partial charge in [-0.25, -0.2) is 9.97 Å². The van der Waals surface area contributed by atoms with E-state index in [1.165, 1.54) is 0 Å². The Kier molecular flexibility index (Phi) is 4.90. The Labute approximate surface area is 162 Å². The zero-order chi connectivity index (χ0) is 19.5. The maximum absolute atomic E-state index is 12.6. The summed E-state index contributed by atoms with van der Waals surface area (Å²) in [6.07, 6.45) is 1.61. The first-order chi connectivity index (χ1) is 13.6. The van der Waals surface area contributed by atoms with E-state index in [0.717, 1.165) is 11.1 Å². The number of morpholine rings is 1. The van der Waals surface area contributed by atoms with Gasteiger partial charge in [0.15, 0.2) is 0 Å². The van der Waals surface area contributed by atoms with Crippen molar-refractivity contribution in [1.29, 1.82) is 0 Å². The summed E-state index contributed by atoms with van der Waals surface area (Å²) >= 11 is 0. The molecule has 0 atom stereocenters. The first-order valence-electron chi connectivity index (χ1n) is 9.01. The summed E-state index contributed by atoms with van der Waals surface area (Å²) in [4.78, 5) is 23.2. The second-order valence-electron chi connectivity index (χ2n) is 6.52. The van der Waals surface area contributed by atoms with E-state index in [0.29, 0.717) is 49.1 Å². The van der Waals surface area contributed by atoms with E-state index in [4.69, 9.17) is 10.5 Å². The third-order valence-electron chi connectivity index (χ3n) is 4.67. The van der Waals surface area contributed by atoms with Crippen LogP contribution in [0.3, 0.4) is 0 Å². The van der Waals surface area contributed by atoms with Crippen molar-refractivity contribution >= 4 is 11.7 Å². The van der Waals surface area contributed by atoms with Gasteiger partial charge in [0.2, 0.25) is 0 Å². The lowest BCUT2D eigenvalue weighted by Crippen LogP contribution is -2.40. The highest BCUT2D eigenvalue weighted by Crippen LogP contribution is 2.27. The van der Waals surface area contributed by atoms with E-state index in [9.17, 15) is 9.90 Å². The van der Waals surface area contributed by atoms with Crippen LogP contribution in [-0.4, -0.2) is 52.2 Å². The molecule has 1 saturated heterocycles. The van der Waals surface area contributed by atoms with Crippen molar-refractivity contribution < 1.29 is 14.6 Å². The van der Waals surface area contributed by atoms with E-state index < -0.39 is 0 Å². The highest BCUT2D eigenvalue weighted by Gasteiger charge is 2.18. The maximum atomic E-state index is 12.6. The number of anilines is 1. The van der Waals surface area contributed by atoms with Crippen LogP contribution in [0.1, 0.15) is 10.4 Å². The zero-order valence-electron chi connectivity index (χ0n) is 15.2. The number of nitrogens with two attached hydrogens (primary N) is 1. The number of nitrogens with zero attached hydrogens (tertiary/aromatic N) is 3. The Balaban J connectivity index is 1.60. The number of rotatable bonds is 3. The predicted molar refractivity (Wildman–Crippen MR) is 106 cm³/mol. The van der Waals surface area contributed by atoms with Crippen LogP contribution in [0.15, 0.2) is 54.7 Å². The number of ether oxygens (including phenoxy) is 1. The molecule has 2 heterocycles. The molecule has 1 amide bonds. The third-order valence-corrected chi connectivity index (χ3v) is 4.67. The van der Waals surface area contributed by atoms with Crippen LogP contribution in [0.4, 0.5) is 5.82 Å². The predicted octanol–water partition coefficient (Wildman–Crippen LogP) is 2.57. The number of carbonyl (C=O) groups excluding carboxylic acids is 1. The second-order valence-corrected chi connectivity index (χ2v) is 6.52. The zero-order valence-corrected chi connectivity index (χ0v) is 15.2. The highest BCUT2D eigenvalue weighted by molar-refractivity contribution is 5.94. The van der Waals surface area contributed by atoms with Crippen LogP contribution < -0.4 is 5.73 Å². The lowest BCUT2D eigenvalue weighted by molar-refractivity contribution is 0.0303. The summed E-state index contributed by atoms with van der Waals surface area (Å²) in [5.74, 6) is 0.489. The third kappa shape index (κ3) is 3.65. The van der Waals surface area contributed by atoms with Crippen LogP contribution >= 0.6 is 0 Å². The number of phenols is 1. The first kappa shape index (κ1) is 17.9. The molecule has 142 valence electrons. The number of phenolic OH excluding ortho intramolecular Hbond substituents is 1. The molecule has 28 heavy (non-hydrogen) atoms. The lowest BCUT2D eigenvalue weighted by Gasteiger charge is -2.26. The summed E-state index contributed by atoms with van der Waals surface area (Å²) in [6.45, 7) is 2.37. The van der Waals surface area contributed by atoms with Crippen molar-refractivity contribution in [1.82, 2.24) is 14.9 Å². The fraction of sp³-hybridized carbons (Fsp3) is 0.190. The molecule has 0 bridgehead atoms. The van der Waals surface area contributed by atoms with Crippen LogP contribution in [0.2, 0.25) is 0 Å². The van der Waals surface area contributed by atoms with Crippen LogP contribution in [0, 0.1) is 0 Å². The van der Waals surface area contributed by atoms with Gasteiger partial charge in [-0.2, -0.15) is 0 Å². The average molecular weight is 376 g/mol. The minimum atomic E-state index is 0.00280. The van der Waals surface area contributed by atoms with Gasteiger partial charge in [-0.1, -0.05) is 12.1 Å². The van der Waals surface area contributed by atoms with Gasteiger partial charge < -0.3 is 20.5 Å². The van der Waals surface area contributed by atoms with Crippen molar-refractivity contribution in [2.24, 2.45) is 0 Å². The Morgan fingerprint density at radius 3 is 2.32 bits per heavy atom. The molecular weight excluding hydrogens is 356 g/mol. The number of aromatic hydroxyl groups is 1. The Morgan fingerprint density at radius 1 is 1.00 bits per heavy atom. The van der Waals surface area contributed by atoms with Gasteiger partial charge in [0, 0.05) is 29.8 Å². The molecule has 2 aromatic carbocycles. The van der Waals surface area contributed by atoms with Crippen LogP contribution in [0.25, 0.3) is 22.5 Å². The molecule has 0 radical (unpaired) electrons. The molecule has 7 heteroatoms. The van der Waals surface area contributed by atoms with Gasteiger partial charge in [-0.3, -0.25) is 4.79 Å². The minimum absolute atomic E-state index is 0.00280. The number of nitrogen functional groups attached to an aromatic ring is 1. The molecule has 4 rings (SSSR count). The fourth-order valence-corrected chi connectivity index (χ4v) is 3.10. The molecule has 1 aromatic heterocycles. The average Bonchev–Trinajstić information content (AvgIpc) is 2.75. The molecular formula is C21H20N4O3. The number of benzene rings is 2. The van der Waals surface area contributed by atoms with Crippen molar-refractivity contribution in [3.63, 3.8) is 0 Å². The van der Waals surface area contributed by atoms with Gasteiger partial charge in [0.1, 0.15) is 17.3 Å². The Bertz CT molecular complexity index is 982. The van der Waals surface area contributed by atoms with Gasteiger partial charge in [0.05, 0.1) is 25.1 Å². The monoisotopic (exact) mass is 376 g/mol. The standard InChI is InChI=1S/C21H20N4O3/c22-20-19(15-5-7-17(26)8-6-15)24-18(13-23-20)14-1-3-16(4-2-14)21(27)25-9-11-28-12-10-25/h1-8,13,26H,9-12H2,(H2,22,23). The van der Waals surface area contributed by atoms with Crippen LogP contribution in [-0.2, 0) is 4.74 Å².